The number of hydrogen-bond acceptors (Lipinski definition) is 2. The predicted octanol–water partition coefficient (Wildman–Crippen LogP) is 3.39. The lowest BCUT2D eigenvalue weighted by atomic mass is 9.96. The van der Waals surface area contributed by atoms with Gasteiger partial charge in [-0.25, -0.2) is 9.59 Å². The van der Waals surface area contributed by atoms with Crippen LogP contribution in [-0.2, 0) is 0 Å². The Morgan fingerprint density at radius 1 is 0.950 bits per heavy atom. The summed E-state index contributed by atoms with van der Waals surface area (Å²) in [6, 6.07) is 11.6. The standard InChI is InChI=1S/C16H12O4/c1-2-10-5-3-4-6-12(10)11-7-8-13(15(17)18)14(9-11)16(19)20/h2-9H,1H2,(H,17,18)(H,19,20). The number of hydrogen-bond donors (Lipinski definition) is 2. The Morgan fingerprint density at radius 2 is 1.60 bits per heavy atom. The molecule has 20 heavy (non-hydrogen) atoms. The van der Waals surface area contributed by atoms with E-state index in [4.69, 9.17) is 10.2 Å². The molecule has 2 rings (SSSR count). The Hall–Kier alpha value is -2.88. The zero-order valence-corrected chi connectivity index (χ0v) is 10.5. The van der Waals surface area contributed by atoms with Crippen LogP contribution in [0.2, 0.25) is 0 Å². The molecule has 0 aliphatic rings. The quantitative estimate of drug-likeness (QED) is 0.891. The molecule has 0 fully saturated rings. The van der Waals surface area contributed by atoms with E-state index < -0.39 is 11.9 Å². The van der Waals surface area contributed by atoms with Crippen LogP contribution in [0.3, 0.4) is 0 Å². The third kappa shape index (κ3) is 2.44. The van der Waals surface area contributed by atoms with E-state index in [1.807, 2.05) is 24.3 Å². The minimum Gasteiger partial charge on any atom is -0.478 e. The van der Waals surface area contributed by atoms with Crippen LogP contribution in [-0.4, -0.2) is 22.2 Å². The van der Waals surface area contributed by atoms with Gasteiger partial charge in [0, 0.05) is 0 Å². The van der Waals surface area contributed by atoms with Crippen molar-refractivity contribution in [2.45, 2.75) is 0 Å². The average Bonchev–Trinajstić information content (AvgIpc) is 2.46. The zero-order valence-electron chi connectivity index (χ0n) is 10.5. The number of aromatic carboxylic acids is 2. The molecule has 0 radical (unpaired) electrons. The van der Waals surface area contributed by atoms with Gasteiger partial charge >= 0.3 is 11.9 Å². The molecule has 0 aromatic heterocycles. The number of rotatable bonds is 4. The van der Waals surface area contributed by atoms with Gasteiger partial charge in [-0.1, -0.05) is 43.0 Å². The van der Waals surface area contributed by atoms with Crippen LogP contribution in [0, 0.1) is 0 Å². The summed E-state index contributed by atoms with van der Waals surface area (Å²) in [5, 5.41) is 18.1. The lowest BCUT2D eigenvalue weighted by Crippen LogP contribution is -2.08. The Bertz CT molecular complexity index is 701. The highest BCUT2D eigenvalue weighted by atomic mass is 16.4. The van der Waals surface area contributed by atoms with Crippen molar-refractivity contribution in [1.82, 2.24) is 0 Å². The van der Waals surface area contributed by atoms with Crippen LogP contribution in [0.4, 0.5) is 0 Å². The van der Waals surface area contributed by atoms with Crippen molar-refractivity contribution in [1.29, 1.82) is 0 Å². The first-order valence-corrected chi connectivity index (χ1v) is 5.87. The lowest BCUT2D eigenvalue weighted by molar-refractivity contribution is 0.0651. The molecule has 0 spiro atoms. The first kappa shape index (κ1) is 13.5. The second-order valence-electron chi connectivity index (χ2n) is 4.16. The minimum absolute atomic E-state index is 0.225. The Balaban J connectivity index is 2.65. The van der Waals surface area contributed by atoms with Crippen molar-refractivity contribution in [2.75, 3.05) is 0 Å². The van der Waals surface area contributed by atoms with Crippen molar-refractivity contribution in [2.24, 2.45) is 0 Å². The molecule has 0 atom stereocenters. The fraction of sp³-hybridized carbons (Fsp3) is 0. The van der Waals surface area contributed by atoms with Gasteiger partial charge in [0.15, 0.2) is 0 Å². The van der Waals surface area contributed by atoms with Crippen molar-refractivity contribution >= 4 is 18.0 Å². The van der Waals surface area contributed by atoms with Gasteiger partial charge in [0.25, 0.3) is 0 Å². The largest absolute Gasteiger partial charge is 0.478 e. The van der Waals surface area contributed by atoms with E-state index >= 15 is 0 Å². The topological polar surface area (TPSA) is 74.6 Å². The molecule has 0 unspecified atom stereocenters. The molecule has 0 heterocycles. The Labute approximate surface area is 115 Å². The summed E-state index contributed by atoms with van der Waals surface area (Å²) in [7, 11) is 0. The second-order valence-corrected chi connectivity index (χ2v) is 4.16. The third-order valence-corrected chi connectivity index (χ3v) is 2.97. The van der Waals surface area contributed by atoms with Gasteiger partial charge in [-0.2, -0.15) is 0 Å². The first-order chi connectivity index (χ1) is 9.54. The predicted molar refractivity (Wildman–Crippen MR) is 75.9 cm³/mol. The maximum atomic E-state index is 11.2. The van der Waals surface area contributed by atoms with Gasteiger partial charge in [0.2, 0.25) is 0 Å². The molecule has 2 N–H and O–H groups in total. The summed E-state index contributed by atoms with van der Waals surface area (Å²) < 4.78 is 0. The van der Waals surface area contributed by atoms with Crippen molar-refractivity contribution in [3.05, 3.63) is 65.7 Å². The third-order valence-electron chi connectivity index (χ3n) is 2.97. The first-order valence-electron chi connectivity index (χ1n) is 5.87. The summed E-state index contributed by atoms with van der Waals surface area (Å²) in [4.78, 5) is 22.2. The summed E-state index contributed by atoms with van der Waals surface area (Å²) in [5.74, 6) is -2.52. The number of benzene rings is 2. The molecule has 0 saturated heterocycles. The summed E-state index contributed by atoms with van der Waals surface area (Å²) in [6.45, 7) is 3.71. The highest BCUT2D eigenvalue weighted by Gasteiger charge is 2.17. The molecule has 0 bridgehead atoms. The Morgan fingerprint density at radius 3 is 2.20 bits per heavy atom. The Kier molecular flexibility index (Phi) is 3.66. The normalized spacial score (nSPS) is 10.0. The van der Waals surface area contributed by atoms with E-state index in [-0.39, 0.29) is 11.1 Å². The molecule has 100 valence electrons. The van der Waals surface area contributed by atoms with Crippen molar-refractivity contribution in [3.8, 4) is 11.1 Å². The van der Waals surface area contributed by atoms with Crippen LogP contribution in [0.5, 0.6) is 0 Å². The zero-order chi connectivity index (χ0) is 14.7. The molecule has 0 saturated carbocycles. The molecule has 4 nitrogen and oxygen atoms in total. The second kappa shape index (κ2) is 5.40. The SMILES string of the molecule is C=Cc1ccccc1-c1ccc(C(=O)O)c(C(=O)O)c1. The fourth-order valence-corrected chi connectivity index (χ4v) is 2.01. The van der Waals surface area contributed by atoms with Crippen LogP contribution in [0.1, 0.15) is 26.3 Å². The minimum atomic E-state index is -1.26. The highest BCUT2D eigenvalue weighted by Crippen LogP contribution is 2.26. The number of carboxylic acids is 2. The number of carbonyl (C=O) groups is 2. The van der Waals surface area contributed by atoms with Crippen molar-refractivity contribution < 1.29 is 19.8 Å². The van der Waals surface area contributed by atoms with Gasteiger partial charge in [-0.3, -0.25) is 0 Å². The van der Waals surface area contributed by atoms with Gasteiger partial charge in [-0.15, -0.1) is 0 Å². The van der Waals surface area contributed by atoms with E-state index in [1.54, 1.807) is 12.1 Å². The van der Waals surface area contributed by atoms with Crippen LogP contribution in [0.15, 0.2) is 49.0 Å². The summed E-state index contributed by atoms with van der Waals surface area (Å²) in [5.41, 5.74) is 1.85. The average molecular weight is 268 g/mol. The van der Waals surface area contributed by atoms with Gasteiger partial charge in [-0.05, 0) is 28.8 Å². The summed E-state index contributed by atoms with van der Waals surface area (Å²) in [6.07, 6.45) is 1.67. The van der Waals surface area contributed by atoms with E-state index in [9.17, 15) is 9.59 Å². The molecule has 2 aromatic rings. The molecule has 2 aromatic carbocycles. The fourth-order valence-electron chi connectivity index (χ4n) is 2.01. The van der Waals surface area contributed by atoms with Gasteiger partial charge < -0.3 is 10.2 Å². The molecule has 0 amide bonds. The maximum absolute atomic E-state index is 11.2. The molecular formula is C16H12O4. The highest BCUT2D eigenvalue weighted by molar-refractivity contribution is 6.02. The molecule has 0 aliphatic carbocycles. The van der Waals surface area contributed by atoms with E-state index in [0.717, 1.165) is 11.1 Å². The molecular weight excluding hydrogens is 256 g/mol. The van der Waals surface area contributed by atoms with E-state index in [2.05, 4.69) is 6.58 Å². The summed E-state index contributed by atoms with van der Waals surface area (Å²) >= 11 is 0. The smallest absolute Gasteiger partial charge is 0.336 e. The molecule has 4 heteroatoms. The van der Waals surface area contributed by atoms with Gasteiger partial charge in [0.05, 0.1) is 11.1 Å². The van der Waals surface area contributed by atoms with Gasteiger partial charge in [0.1, 0.15) is 0 Å². The van der Waals surface area contributed by atoms with Crippen LogP contribution >= 0.6 is 0 Å². The molecule has 0 aliphatic heterocycles. The van der Waals surface area contributed by atoms with E-state index in [1.165, 1.54) is 12.1 Å². The lowest BCUT2D eigenvalue weighted by Gasteiger charge is -2.09. The van der Waals surface area contributed by atoms with Crippen LogP contribution < -0.4 is 0 Å². The van der Waals surface area contributed by atoms with Crippen LogP contribution in [0.25, 0.3) is 17.2 Å². The number of carboxylic acid groups (broad SMARTS) is 2. The van der Waals surface area contributed by atoms with Crippen molar-refractivity contribution in [3.63, 3.8) is 0 Å². The monoisotopic (exact) mass is 268 g/mol. The van der Waals surface area contributed by atoms with E-state index in [0.29, 0.717) is 5.56 Å². The maximum Gasteiger partial charge on any atom is 0.336 e.